The van der Waals surface area contributed by atoms with Crippen LogP contribution >= 0.6 is 24.8 Å². The molecule has 0 radical (unpaired) electrons. The zero-order valence-corrected chi connectivity index (χ0v) is 22.1. The fourth-order valence-corrected chi connectivity index (χ4v) is 3.56. The van der Waals surface area contributed by atoms with E-state index >= 15 is 0 Å². The van der Waals surface area contributed by atoms with E-state index in [-0.39, 0.29) is 24.8 Å². The van der Waals surface area contributed by atoms with Gasteiger partial charge in [-0.15, -0.1) is 24.8 Å². The summed E-state index contributed by atoms with van der Waals surface area (Å²) in [5.41, 5.74) is 1.63. The number of carboxylic acid groups (broad SMARTS) is 2. The van der Waals surface area contributed by atoms with Crippen molar-refractivity contribution in [2.75, 3.05) is 14.2 Å². The summed E-state index contributed by atoms with van der Waals surface area (Å²) in [4.78, 5) is 21.8. The number of benzene rings is 4. The Balaban J connectivity index is 0.000000341. The van der Waals surface area contributed by atoms with Gasteiger partial charge in [0.25, 0.3) is 0 Å². The number of ether oxygens (including phenoxy) is 2. The van der Waals surface area contributed by atoms with Gasteiger partial charge in [-0.25, -0.2) is 0 Å². The van der Waals surface area contributed by atoms with Crippen LogP contribution in [0.15, 0.2) is 72.8 Å². The Labute approximate surface area is 222 Å². The lowest BCUT2D eigenvalue weighted by atomic mass is 9.98. The molecule has 0 bridgehead atoms. The second-order valence-corrected chi connectivity index (χ2v) is 8.06. The minimum absolute atomic E-state index is 0. The van der Waals surface area contributed by atoms with Crippen LogP contribution in [0.3, 0.4) is 0 Å². The second-order valence-electron chi connectivity index (χ2n) is 8.06. The van der Waals surface area contributed by atoms with Crippen molar-refractivity contribution in [1.82, 2.24) is 0 Å². The molecule has 4 rings (SSSR count). The van der Waals surface area contributed by atoms with E-state index in [0.29, 0.717) is 0 Å². The first-order valence-corrected chi connectivity index (χ1v) is 10.8. The predicted octanol–water partition coefficient (Wildman–Crippen LogP) is 6.92. The lowest BCUT2D eigenvalue weighted by Crippen LogP contribution is -2.06. The summed E-state index contributed by atoms with van der Waals surface area (Å²) in [7, 11) is 3.25. The second kappa shape index (κ2) is 13.6. The molecular formula is C28H30Cl2O6. The average molecular weight is 533 g/mol. The summed E-state index contributed by atoms with van der Waals surface area (Å²) in [6, 6.07) is 22.9. The monoisotopic (exact) mass is 532 g/mol. The van der Waals surface area contributed by atoms with Crippen molar-refractivity contribution in [2.24, 2.45) is 0 Å². The van der Waals surface area contributed by atoms with E-state index in [1.165, 1.54) is 0 Å². The third kappa shape index (κ3) is 7.26. The molecule has 2 N–H and O–H groups in total. The highest BCUT2D eigenvalue weighted by Gasteiger charge is 2.14. The first kappa shape index (κ1) is 30.6. The summed E-state index contributed by atoms with van der Waals surface area (Å²) < 4.78 is 10.3. The zero-order chi connectivity index (χ0) is 24.8. The molecule has 2 atom stereocenters. The molecule has 4 aromatic carbocycles. The summed E-state index contributed by atoms with van der Waals surface area (Å²) in [5, 5.41) is 22.1. The Morgan fingerprint density at radius 3 is 1.19 bits per heavy atom. The molecular weight excluding hydrogens is 503 g/mol. The molecule has 0 saturated heterocycles. The van der Waals surface area contributed by atoms with Crippen LogP contribution in [0.1, 0.15) is 36.8 Å². The van der Waals surface area contributed by atoms with Crippen LogP contribution in [-0.2, 0) is 9.59 Å². The lowest BCUT2D eigenvalue weighted by molar-refractivity contribution is -0.139. The summed E-state index contributed by atoms with van der Waals surface area (Å²) >= 11 is 0. The van der Waals surface area contributed by atoms with Crippen LogP contribution in [0, 0.1) is 0 Å². The number of hydrogen-bond acceptors (Lipinski definition) is 4. The van der Waals surface area contributed by atoms with Crippen LogP contribution in [0.5, 0.6) is 11.5 Å². The molecule has 0 fully saturated rings. The summed E-state index contributed by atoms with van der Waals surface area (Å²) in [5.74, 6) is -0.980. The van der Waals surface area contributed by atoms with Crippen molar-refractivity contribution < 1.29 is 29.3 Å². The van der Waals surface area contributed by atoms with Crippen molar-refractivity contribution in [3.63, 3.8) is 0 Å². The number of aliphatic carboxylic acids is 2. The largest absolute Gasteiger partial charge is 0.497 e. The molecule has 192 valence electrons. The van der Waals surface area contributed by atoms with E-state index in [0.717, 1.165) is 44.2 Å². The third-order valence-corrected chi connectivity index (χ3v) is 5.88. The standard InChI is InChI=1S/2C14H14O3.2ClH/c2*1-9(14(15)16)10-3-4-12-8-13(17-2)6-5-11(12)7-10;;/h2*3-9H,1-2H3,(H,15,16);2*1H/t2*9-;;/m00../s1. The number of rotatable bonds is 6. The average Bonchev–Trinajstić information content (AvgIpc) is 2.86. The molecule has 0 aromatic heterocycles. The van der Waals surface area contributed by atoms with Crippen LogP contribution < -0.4 is 9.47 Å². The highest BCUT2D eigenvalue weighted by Crippen LogP contribution is 2.26. The molecule has 4 aromatic rings. The van der Waals surface area contributed by atoms with E-state index in [1.807, 2.05) is 72.8 Å². The van der Waals surface area contributed by atoms with Crippen molar-refractivity contribution in [3.8, 4) is 11.5 Å². The number of carboxylic acids is 2. The van der Waals surface area contributed by atoms with Crippen molar-refractivity contribution in [1.29, 1.82) is 0 Å². The molecule has 0 unspecified atom stereocenters. The van der Waals surface area contributed by atoms with Crippen molar-refractivity contribution in [3.05, 3.63) is 83.9 Å². The van der Waals surface area contributed by atoms with Gasteiger partial charge in [0.1, 0.15) is 11.5 Å². The molecule has 0 amide bonds. The maximum atomic E-state index is 10.9. The molecule has 8 heteroatoms. The van der Waals surface area contributed by atoms with Crippen LogP contribution in [0.2, 0.25) is 0 Å². The van der Waals surface area contributed by atoms with E-state index in [9.17, 15) is 9.59 Å². The fraction of sp³-hybridized carbons (Fsp3) is 0.214. The van der Waals surface area contributed by atoms with Crippen LogP contribution in [-0.4, -0.2) is 36.4 Å². The Hall–Kier alpha value is -3.48. The number of methoxy groups -OCH3 is 2. The number of fused-ring (bicyclic) bond motifs is 2. The predicted molar refractivity (Wildman–Crippen MR) is 148 cm³/mol. The lowest BCUT2D eigenvalue weighted by Gasteiger charge is -2.08. The first-order valence-electron chi connectivity index (χ1n) is 10.8. The van der Waals surface area contributed by atoms with Gasteiger partial charge in [0.05, 0.1) is 26.1 Å². The van der Waals surface area contributed by atoms with Gasteiger partial charge in [-0.1, -0.05) is 48.5 Å². The van der Waals surface area contributed by atoms with E-state index in [4.69, 9.17) is 19.7 Å². The van der Waals surface area contributed by atoms with Gasteiger partial charge in [-0.05, 0) is 70.8 Å². The highest BCUT2D eigenvalue weighted by molar-refractivity contribution is 5.87. The first-order chi connectivity index (χ1) is 16.2. The molecule has 6 nitrogen and oxygen atoms in total. The molecule has 36 heavy (non-hydrogen) atoms. The van der Waals surface area contributed by atoms with Gasteiger partial charge in [0.2, 0.25) is 0 Å². The van der Waals surface area contributed by atoms with E-state index in [1.54, 1.807) is 28.1 Å². The van der Waals surface area contributed by atoms with Gasteiger partial charge in [-0.3, -0.25) is 9.59 Å². The fourth-order valence-electron chi connectivity index (χ4n) is 3.56. The number of hydrogen-bond donors (Lipinski definition) is 2. The highest BCUT2D eigenvalue weighted by atomic mass is 35.5. The Kier molecular flexibility index (Phi) is 11.5. The van der Waals surface area contributed by atoms with Gasteiger partial charge in [0, 0.05) is 0 Å². The number of halogens is 2. The Bertz CT molecular complexity index is 1240. The minimum Gasteiger partial charge on any atom is -0.497 e. The normalized spacial score (nSPS) is 11.7. The van der Waals surface area contributed by atoms with Crippen LogP contribution in [0.25, 0.3) is 21.5 Å². The van der Waals surface area contributed by atoms with Gasteiger partial charge < -0.3 is 19.7 Å². The Morgan fingerprint density at radius 1 is 0.583 bits per heavy atom. The number of carbonyl (C=O) groups is 2. The van der Waals surface area contributed by atoms with E-state index < -0.39 is 23.8 Å². The Morgan fingerprint density at radius 2 is 0.889 bits per heavy atom. The smallest absolute Gasteiger partial charge is 0.310 e. The van der Waals surface area contributed by atoms with Gasteiger partial charge in [0.15, 0.2) is 0 Å². The molecule has 0 aliphatic rings. The molecule has 0 heterocycles. The van der Waals surface area contributed by atoms with E-state index in [2.05, 4.69) is 0 Å². The summed E-state index contributed by atoms with van der Waals surface area (Å²) in [6.07, 6.45) is 0. The topological polar surface area (TPSA) is 93.1 Å². The maximum absolute atomic E-state index is 10.9. The maximum Gasteiger partial charge on any atom is 0.310 e. The molecule has 0 spiro atoms. The van der Waals surface area contributed by atoms with Crippen molar-refractivity contribution >= 4 is 58.3 Å². The van der Waals surface area contributed by atoms with Crippen molar-refractivity contribution in [2.45, 2.75) is 25.7 Å². The van der Waals surface area contributed by atoms with Crippen LogP contribution in [0.4, 0.5) is 0 Å². The SMILES string of the molecule is COc1ccc2cc([C@H](C)C(=O)O)ccc2c1.COc1ccc2cc([C@H](C)C(=O)O)ccc2c1.Cl.Cl. The zero-order valence-electron chi connectivity index (χ0n) is 20.4. The molecule has 0 aliphatic heterocycles. The molecule has 0 aliphatic carbocycles. The summed E-state index contributed by atoms with van der Waals surface area (Å²) in [6.45, 7) is 3.38. The molecule has 0 saturated carbocycles. The minimum atomic E-state index is -0.808. The van der Waals surface area contributed by atoms with Gasteiger partial charge in [-0.2, -0.15) is 0 Å². The quantitative estimate of drug-likeness (QED) is 0.280. The van der Waals surface area contributed by atoms with Gasteiger partial charge >= 0.3 is 11.9 Å². The third-order valence-electron chi connectivity index (χ3n) is 5.88.